The van der Waals surface area contributed by atoms with Gasteiger partial charge in [-0.15, -0.1) is 0 Å². The van der Waals surface area contributed by atoms with Gasteiger partial charge in [-0.2, -0.15) is 0 Å². The molecule has 2 atom stereocenters. The lowest BCUT2D eigenvalue weighted by atomic mass is 9.86. The summed E-state index contributed by atoms with van der Waals surface area (Å²) < 4.78 is 10.7. The Morgan fingerprint density at radius 1 is 1.45 bits per heavy atom. The lowest BCUT2D eigenvalue weighted by Crippen LogP contribution is -2.45. The first kappa shape index (κ1) is 15.0. The molecule has 0 radical (unpaired) electrons. The number of hydrogen-bond donors (Lipinski definition) is 1. The summed E-state index contributed by atoms with van der Waals surface area (Å²) in [6.45, 7) is 7.89. The van der Waals surface area contributed by atoms with Crippen molar-refractivity contribution in [1.29, 1.82) is 0 Å². The second-order valence-electron chi connectivity index (χ2n) is 6.10. The molecule has 0 aromatic heterocycles. The Balaban J connectivity index is 1.92. The summed E-state index contributed by atoms with van der Waals surface area (Å²) in [7, 11) is 1.72. The molecule has 1 fully saturated rings. The molecule has 1 aromatic rings. The zero-order valence-corrected chi connectivity index (χ0v) is 13.7. The fraction of sp³-hybridized carbons (Fsp3) is 0.588. The predicted octanol–water partition coefficient (Wildman–Crippen LogP) is 3.05. The third kappa shape index (κ3) is 2.28. The standard InChI is InChI=1S/C17H24N2O3/c1-5-22-17(20)19-7-6-13-12(9-19)15-11(3)16(21-4)10(2)8-14(15)18-13/h8,12-13,18H,5-7,9H2,1-4H3/t12-,13+/m1/s1. The van der Waals surface area contributed by atoms with Crippen molar-refractivity contribution in [3.05, 3.63) is 22.8 Å². The van der Waals surface area contributed by atoms with E-state index in [1.807, 2.05) is 11.8 Å². The van der Waals surface area contributed by atoms with Crippen molar-refractivity contribution >= 4 is 11.8 Å². The number of carbonyl (C=O) groups excluding carboxylic acids is 1. The highest BCUT2D eigenvalue weighted by Gasteiger charge is 2.40. The van der Waals surface area contributed by atoms with Gasteiger partial charge in [0, 0.05) is 30.7 Å². The van der Waals surface area contributed by atoms with E-state index in [2.05, 4.69) is 25.2 Å². The van der Waals surface area contributed by atoms with Gasteiger partial charge in [-0.25, -0.2) is 4.79 Å². The van der Waals surface area contributed by atoms with Crippen LogP contribution in [0.2, 0.25) is 0 Å². The molecule has 0 aliphatic carbocycles. The molecule has 3 rings (SSSR count). The van der Waals surface area contributed by atoms with Crippen LogP contribution in [0.5, 0.6) is 5.75 Å². The van der Waals surface area contributed by atoms with Gasteiger partial charge in [-0.1, -0.05) is 0 Å². The summed E-state index contributed by atoms with van der Waals surface area (Å²) in [5, 5.41) is 3.63. The molecule has 2 heterocycles. The molecule has 5 nitrogen and oxygen atoms in total. The van der Waals surface area contributed by atoms with Crippen molar-refractivity contribution in [3.63, 3.8) is 0 Å². The first-order valence-electron chi connectivity index (χ1n) is 7.93. The Labute approximate surface area is 131 Å². The lowest BCUT2D eigenvalue weighted by Gasteiger charge is -2.34. The van der Waals surface area contributed by atoms with E-state index in [9.17, 15) is 4.79 Å². The zero-order valence-electron chi connectivity index (χ0n) is 13.7. The van der Waals surface area contributed by atoms with Crippen LogP contribution in [0.25, 0.3) is 0 Å². The van der Waals surface area contributed by atoms with Crippen LogP contribution in [-0.4, -0.2) is 43.8 Å². The van der Waals surface area contributed by atoms with Crippen LogP contribution in [-0.2, 0) is 4.74 Å². The van der Waals surface area contributed by atoms with Crippen LogP contribution in [0.1, 0.15) is 36.0 Å². The van der Waals surface area contributed by atoms with Crippen molar-refractivity contribution in [2.75, 3.05) is 32.1 Å². The third-order valence-corrected chi connectivity index (χ3v) is 4.81. The molecule has 1 amide bonds. The van der Waals surface area contributed by atoms with Crippen LogP contribution in [0.15, 0.2) is 6.07 Å². The fourth-order valence-electron chi connectivity index (χ4n) is 3.89. The van der Waals surface area contributed by atoms with Crippen LogP contribution in [0.4, 0.5) is 10.5 Å². The number of fused-ring (bicyclic) bond motifs is 3. The number of benzene rings is 1. The first-order chi connectivity index (χ1) is 10.6. The van der Waals surface area contributed by atoms with Crippen molar-refractivity contribution < 1.29 is 14.3 Å². The van der Waals surface area contributed by atoms with Gasteiger partial charge >= 0.3 is 6.09 Å². The molecule has 5 heteroatoms. The number of nitrogens with one attached hydrogen (secondary N) is 1. The number of aryl methyl sites for hydroxylation is 1. The smallest absolute Gasteiger partial charge is 0.409 e. The predicted molar refractivity (Wildman–Crippen MR) is 85.8 cm³/mol. The van der Waals surface area contributed by atoms with Crippen LogP contribution in [0, 0.1) is 13.8 Å². The fourth-order valence-corrected chi connectivity index (χ4v) is 3.89. The van der Waals surface area contributed by atoms with Crippen molar-refractivity contribution in [3.8, 4) is 5.75 Å². The van der Waals surface area contributed by atoms with Gasteiger partial charge in [0.2, 0.25) is 0 Å². The summed E-state index contributed by atoms with van der Waals surface area (Å²) in [6, 6.07) is 2.56. The van der Waals surface area contributed by atoms with Gasteiger partial charge in [-0.3, -0.25) is 0 Å². The highest BCUT2D eigenvalue weighted by atomic mass is 16.6. The van der Waals surface area contributed by atoms with Gasteiger partial charge < -0.3 is 19.7 Å². The molecule has 2 aliphatic rings. The van der Waals surface area contributed by atoms with Gasteiger partial charge in [0.15, 0.2) is 0 Å². The maximum absolute atomic E-state index is 12.0. The maximum atomic E-state index is 12.0. The van der Waals surface area contributed by atoms with E-state index in [4.69, 9.17) is 9.47 Å². The summed E-state index contributed by atoms with van der Waals surface area (Å²) in [5.74, 6) is 1.26. The van der Waals surface area contributed by atoms with E-state index in [1.165, 1.54) is 16.8 Å². The van der Waals surface area contributed by atoms with Gasteiger partial charge in [0.1, 0.15) is 5.75 Å². The molecule has 0 saturated carbocycles. The Morgan fingerprint density at radius 3 is 2.91 bits per heavy atom. The minimum atomic E-state index is -0.203. The summed E-state index contributed by atoms with van der Waals surface area (Å²) in [4.78, 5) is 13.8. The molecular weight excluding hydrogens is 280 g/mol. The third-order valence-electron chi connectivity index (χ3n) is 4.81. The highest BCUT2D eigenvalue weighted by molar-refractivity contribution is 5.71. The van der Waals surface area contributed by atoms with Crippen molar-refractivity contribution in [2.24, 2.45) is 0 Å². The number of rotatable bonds is 2. The number of likely N-dealkylation sites (tertiary alicyclic amines) is 1. The average molecular weight is 304 g/mol. The van der Waals surface area contributed by atoms with E-state index < -0.39 is 0 Å². The molecule has 22 heavy (non-hydrogen) atoms. The normalized spacial score (nSPS) is 22.6. The Kier molecular flexibility index (Phi) is 3.89. The number of carbonyl (C=O) groups is 1. The Bertz CT molecular complexity index is 600. The summed E-state index contributed by atoms with van der Waals surface area (Å²) in [6.07, 6.45) is 0.741. The highest BCUT2D eigenvalue weighted by Crippen LogP contribution is 2.45. The number of piperidine rings is 1. The van der Waals surface area contributed by atoms with Crippen molar-refractivity contribution in [2.45, 2.75) is 39.2 Å². The molecule has 0 spiro atoms. The van der Waals surface area contributed by atoms with E-state index in [-0.39, 0.29) is 6.09 Å². The quantitative estimate of drug-likeness (QED) is 0.912. The Morgan fingerprint density at radius 2 is 2.23 bits per heavy atom. The maximum Gasteiger partial charge on any atom is 0.409 e. The van der Waals surface area contributed by atoms with E-state index >= 15 is 0 Å². The number of amides is 1. The molecule has 120 valence electrons. The van der Waals surface area contributed by atoms with Crippen LogP contribution < -0.4 is 10.1 Å². The van der Waals surface area contributed by atoms with Crippen LogP contribution in [0.3, 0.4) is 0 Å². The largest absolute Gasteiger partial charge is 0.496 e. The number of nitrogens with zero attached hydrogens (tertiary/aromatic N) is 1. The number of anilines is 1. The summed E-state index contributed by atoms with van der Waals surface area (Å²) in [5.41, 5.74) is 4.81. The molecular formula is C17H24N2O3. The van der Waals surface area contributed by atoms with E-state index in [0.29, 0.717) is 25.1 Å². The molecule has 1 aromatic carbocycles. The topological polar surface area (TPSA) is 50.8 Å². The lowest BCUT2D eigenvalue weighted by molar-refractivity contribution is 0.0948. The van der Waals surface area contributed by atoms with E-state index in [0.717, 1.165) is 24.3 Å². The second kappa shape index (κ2) is 5.71. The number of methoxy groups -OCH3 is 1. The summed E-state index contributed by atoms with van der Waals surface area (Å²) >= 11 is 0. The SMILES string of the molecule is CCOC(=O)N1CC[C@@H]2Nc3cc(C)c(OC)c(C)c3[C@@H]2C1. The molecule has 0 bridgehead atoms. The molecule has 2 aliphatic heterocycles. The second-order valence-corrected chi connectivity index (χ2v) is 6.10. The number of ether oxygens (including phenoxy) is 2. The first-order valence-corrected chi connectivity index (χ1v) is 7.93. The number of hydrogen-bond acceptors (Lipinski definition) is 4. The zero-order chi connectivity index (χ0) is 15.9. The van der Waals surface area contributed by atoms with Gasteiger partial charge in [0.05, 0.1) is 13.7 Å². The average Bonchev–Trinajstić information content (AvgIpc) is 2.84. The Hall–Kier alpha value is -1.91. The molecule has 0 unspecified atom stereocenters. The molecule has 1 N–H and O–H groups in total. The van der Waals surface area contributed by atoms with Gasteiger partial charge in [0.25, 0.3) is 0 Å². The van der Waals surface area contributed by atoms with Crippen molar-refractivity contribution in [1.82, 2.24) is 4.90 Å². The minimum Gasteiger partial charge on any atom is -0.496 e. The van der Waals surface area contributed by atoms with E-state index in [1.54, 1.807) is 7.11 Å². The van der Waals surface area contributed by atoms with Gasteiger partial charge in [-0.05, 0) is 49.9 Å². The van der Waals surface area contributed by atoms with Crippen LogP contribution >= 0.6 is 0 Å². The minimum absolute atomic E-state index is 0.203. The molecule has 1 saturated heterocycles. The monoisotopic (exact) mass is 304 g/mol.